The molecule has 0 spiro atoms. The lowest BCUT2D eigenvalue weighted by Crippen LogP contribution is -2.44. The first kappa shape index (κ1) is 18.6. The predicted molar refractivity (Wildman–Crippen MR) is 88.4 cm³/mol. The van der Waals surface area contributed by atoms with Crippen molar-refractivity contribution < 1.29 is 28.6 Å². The van der Waals surface area contributed by atoms with Crippen molar-refractivity contribution in [1.82, 2.24) is 10.2 Å². The van der Waals surface area contributed by atoms with E-state index in [2.05, 4.69) is 5.32 Å². The number of methoxy groups -OCH3 is 2. The number of ether oxygens (including phenoxy) is 3. The molecule has 8 heteroatoms. The SMILES string of the molecule is CCOC(=O)CN1C(=O)N[C@](CC)(c2cc(OC)ccc2OC)C1=O. The number of rotatable bonds is 7. The van der Waals surface area contributed by atoms with E-state index in [-0.39, 0.29) is 13.0 Å². The number of nitrogens with one attached hydrogen (secondary N) is 1. The van der Waals surface area contributed by atoms with Gasteiger partial charge in [0.15, 0.2) is 0 Å². The summed E-state index contributed by atoms with van der Waals surface area (Å²) in [6.45, 7) is 3.16. The molecule has 2 rings (SSSR count). The van der Waals surface area contributed by atoms with E-state index in [9.17, 15) is 14.4 Å². The summed E-state index contributed by atoms with van der Waals surface area (Å²) in [5.41, 5.74) is -0.856. The Morgan fingerprint density at radius 3 is 2.48 bits per heavy atom. The number of amides is 3. The van der Waals surface area contributed by atoms with E-state index in [1.165, 1.54) is 14.2 Å². The van der Waals surface area contributed by atoms with Crippen molar-refractivity contribution in [2.45, 2.75) is 25.8 Å². The van der Waals surface area contributed by atoms with Gasteiger partial charge >= 0.3 is 12.0 Å². The van der Waals surface area contributed by atoms with Crippen LogP contribution in [0.4, 0.5) is 4.79 Å². The van der Waals surface area contributed by atoms with Crippen molar-refractivity contribution in [3.8, 4) is 11.5 Å². The Balaban J connectivity index is 2.46. The first-order valence-corrected chi connectivity index (χ1v) is 7.95. The van der Waals surface area contributed by atoms with E-state index < -0.39 is 30.0 Å². The van der Waals surface area contributed by atoms with E-state index in [4.69, 9.17) is 14.2 Å². The van der Waals surface area contributed by atoms with Gasteiger partial charge in [-0.25, -0.2) is 4.79 Å². The van der Waals surface area contributed by atoms with Crippen LogP contribution in [-0.4, -0.2) is 50.2 Å². The maximum atomic E-state index is 13.0. The summed E-state index contributed by atoms with van der Waals surface area (Å²) < 4.78 is 15.4. The number of hydrogen-bond acceptors (Lipinski definition) is 6. The highest BCUT2D eigenvalue weighted by Crippen LogP contribution is 2.39. The minimum absolute atomic E-state index is 0.172. The highest BCUT2D eigenvalue weighted by molar-refractivity contribution is 6.09. The standard InChI is InChI=1S/C17H22N2O6/c1-5-17(12-9-11(23-3)7-8-13(12)24-4)15(21)19(16(22)18-17)10-14(20)25-6-2/h7-9H,5-6,10H2,1-4H3,(H,18,22)/t17-/m1/s1. The molecule has 0 unspecified atom stereocenters. The Bertz CT molecular complexity index is 690. The second-order valence-corrected chi connectivity index (χ2v) is 5.45. The van der Waals surface area contributed by atoms with Crippen LogP contribution in [0.1, 0.15) is 25.8 Å². The van der Waals surface area contributed by atoms with Gasteiger partial charge in [0.05, 0.1) is 20.8 Å². The third-order valence-electron chi connectivity index (χ3n) is 4.17. The van der Waals surface area contributed by atoms with E-state index in [1.807, 2.05) is 0 Å². The van der Waals surface area contributed by atoms with Gasteiger partial charge in [-0.2, -0.15) is 0 Å². The molecule has 1 aliphatic heterocycles. The molecular formula is C17H22N2O6. The quantitative estimate of drug-likeness (QED) is 0.590. The predicted octanol–water partition coefficient (Wildman–Crippen LogP) is 1.42. The van der Waals surface area contributed by atoms with Crippen molar-refractivity contribution >= 4 is 17.9 Å². The summed E-state index contributed by atoms with van der Waals surface area (Å²) in [5, 5.41) is 2.70. The van der Waals surface area contributed by atoms with Crippen molar-refractivity contribution in [3.63, 3.8) is 0 Å². The number of imide groups is 1. The number of nitrogens with zero attached hydrogens (tertiary/aromatic N) is 1. The number of hydrogen-bond donors (Lipinski definition) is 1. The zero-order valence-electron chi connectivity index (χ0n) is 14.8. The molecular weight excluding hydrogens is 328 g/mol. The molecule has 0 aliphatic carbocycles. The maximum absolute atomic E-state index is 13.0. The topological polar surface area (TPSA) is 94.2 Å². The van der Waals surface area contributed by atoms with E-state index in [1.54, 1.807) is 32.0 Å². The second kappa shape index (κ2) is 7.42. The van der Waals surface area contributed by atoms with Crippen LogP contribution in [0.3, 0.4) is 0 Å². The van der Waals surface area contributed by atoms with Crippen LogP contribution < -0.4 is 14.8 Å². The summed E-state index contributed by atoms with van der Waals surface area (Å²) >= 11 is 0. The smallest absolute Gasteiger partial charge is 0.326 e. The molecule has 1 saturated heterocycles. The highest BCUT2D eigenvalue weighted by atomic mass is 16.5. The van der Waals surface area contributed by atoms with Gasteiger partial charge in [0.2, 0.25) is 0 Å². The van der Waals surface area contributed by atoms with Crippen LogP contribution in [0.25, 0.3) is 0 Å². The zero-order valence-corrected chi connectivity index (χ0v) is 14.8. The number of esters is 1. The third-order valence-corrected chi connectivity index (χ3v) is 4.17. The van der Waals surface area contributed by atoms with Crippen LogP contribution in [0, 0.1) is 0 Å². The molecule has 1 aliphatic rings. The summed E-state index contributed by atoms with van der Waals surface area (Å²) in [6.07, 6.45) is 0.278. The summed E-state index contributed by atoms with van der Waals surface area (Å²) in [5.74, 6) is -0.209. The van der Waals surface area contributed by atoms with Crippen LogP contribution in [0.15, 0.2) is 18.2 Å². The zero-order chi connectivity index (χ0) is 18.6. The monoisotopic (exact) mass is 350 g/mol. The molecule has 25 heavy (non-hydrogen) atoms. The minimum Gasteiger partial charge on any atom is -0.497 e. The highest BCUT2D eigenvalue weighted by Gasteiger charge is 2.53. The number of benzene rings is 1. The van der Waals surface area contributed by atoms with Gasteiger partial charge in [-0.3, -0.25) is 14.5 Å². The lowest BCUT2D eigenvalue weighted by atomic mass is 9.86. The molecule has 0 saturated carbocycles. The average molecular weight is 350 g/mol. The van der Waals surface area contributed by atoms with Gasteiger partial charge < -0.3 is 19.5 Å². The van der Waals surface area contributed by atoms with Crippen LogP contribution >= 0.6 is 0 Å². The molecule has 0 radical (unpaired) electrons. The van der Waals surface area contributed by atoms with Crippen molar-refractivity contribution in [3.05, 3.63) is 23.8 Å². The molecule has 136 valence electrons. The van der Waals surface area contributed by atoms with Gasteiger partial charge in [-0.1, -0.05) is 6.92 Å². The van der Waals surface area contributed by atoms with Crippen molar-refractivity contribution in [2.24, 2.45) is 0 Å². The Kier molecular flexibility index (Phi) is 5.51. The van der Waals surface area contributed by atoms with Crippen molar-refractivity contribution in [1.29, 1.82) is 0 Å². The molecule has 8 nitrogen and oxygen atoms in total. The first-order valence-electron chi connectivity index (χ1n) is 7.95. The second-order valence-electron chi connectivity index (χ2n) is 5.45. The molecule has 1 aromatic rings. The summed E-state index contributed by atoms with van der Waals surface area (Å²) in [4.78, 5) is 37.9. The van der Waals surface area contributed by atoms with Crippen molar-refractivity contribution in [2.75, 3.05) is 27.4 Å². The number of urea groups is 1. The fourth-order valence-electron chi connectivity index (χ4n) is 2.87. The van der Waals surface area contributed by atoms with E-state index in [0.717, 1.165) is 4.90 Å². The van der Waals surface area contributed by atoms with Gasteiger partial charge in [0.25, 0.3) is 5.91 Å². The van der Waals surface area contributed by atoms with Gasteiger partial charge in [0, 0.05) is 5.56 Å². The largest absolute Gasteiger partial charge is 0.497 e. The maximum Gasteiger partial charge on any atom is 0.326 e. The fraction of sp³-hybridized carbons (Fsp3) is 0.471. The van der Waals surface area contributed by atoms with Crippen LogP contribution in [0.5, 0.6) is 11.5 Å². The lowest BCUT2D eigenvalue weighted by Gasteiger charge is -2.27. The van der Waals surface area contributed by atoms with E-state index >= 15 is 0 Å². The normalized spacial score (nSPS) is 19.6. The molecule has 3 amide bonds. The molecule has 1 aromatic carbocycles. The van der Waals surface area contributed by atoms with E-state index in [0.29, 0.717) is 17.1 Å². The minimum atomic E-state index is -1.33. The summed E-state index contributed by atoms with van der Waals surface area (Å²) in [6, 6.07) is 4.36. The first-order chi connectivity index (χ1) is 11.9. The molecule has 1 atom stereocenters. The number of carbonyl (C=O) groups is 3. The molecule has 1 N–H and O–H groups in total. The third kappa shape index (κ3) is 3.24. The number of carbonyl (C=O) groups excluding carboxylic acids is 3. The average Bonchev–Trinajstić information content (AvgIpc) is 2.86. The lowest BCUT2D eigenvalue weighted by molar-refractivity contribution is -0.147. The molecule has 1 fully saturated rings. The Morgan fingerprint density at radius 2 is 1.92 bits per heavy atom. The van der Waals surface area contributed by atoms with Crippen LogP contribution in [-0.2, 0) is 19.9 Å². The van der Waals surface area contributed by atoms with Crippen LogP contribution in [0.2, 0.25) is 0 Å². The van der Waals surface area contributed by atoms with Gasteiger partial charge in [0.1, 0.15) is 23.6 Å². The fourth-order valence-corrected chi connectivity index (χ4v) is 2.87. The van der Waals surface area contributed by atoms with Gasteiger partial charge in [-0.05, 0) is 31.5 Å². The molecule has 0 bridgehead atoms. The van der Waals surface area contributed by atoms with Gasteiger partial charge in [-0.15, -0.1) is 0 Å². The summed E-state index contributed by atoms with van der Waals surface area (Å²) in [7, 11) is 2.98. The Morgan fingerprint density at radius 1 is 1.20 bits per heavy atom. The molecule has 1 heterocycles. The molecule has 0 aromatic heterocycles. The Labute approximate surface area is 146 Å². The Hall–Kier alpha value is -2.77.